The highest BCUT2D eigenvalue weighted by molar-refractivity contribution is 4.97. The van der Waals surface area contributed by atoms with Crippen molar-refractivity contribution in [3.8, 4) is 6.07 Å². The van der Waals surface area contributed by atoms with Crippen LogP contribution in [0.15, 0.2) is 0 Å². The number of rotatable bonds is 2. The third-order valence-electron chi connectivity index (χ3n) is 3.00. The lowest BCUT2D eigenvalue weighted by molar-refractivity contribution is 0.165. The summed E-state index contributed by atoms with van der Waals surface area (Å²) in [6.07, 6.45) is 1.06. The highest BCUT2D eigenvalue weighted by atomic mass is 15.2. The first-order valence-electron chi connectivity index (χ1n) is 5.21. The van der Waals surface area contributed by atoms with E-state index in [1.165, 1.54) is 0 Å². The first kappa shape index (κ1) is 10.5. The van der Waals surface area contributed by atoms with Crippen LogP contribution in [-0.4, -0.2) is 23.5 Å². The van der Waals surface area contributed by atoms with Crippen LogP contribution >= 0.6 is 0 Å². The molecule has 0 amide bonds. The number of hydrogen-bond donors (Lipinski definition) is 0. The van der Waals surface area contributed by atoms with Crippen LogP contribution in [-0.2, 0) is 0 Å². The summed E-state index contributed by atoms with van der Waals surface area (Å²) in [5, 5.41) is 8.89. The minimum atomic E-state index is 0.259. The van der Waals surface area contributed by atoms with Gasteiger partial charge in [-0.2, -0.15) is 5.26 Å². The quantitative estimate of drug-likeness (QED) is 0.651. The largest absolute Gasteiger partial charge is 0.296 e. The molecular weight excluding hydrogens is 160 g/mol. The van der Waals surface area contributed by atoms with Crippen molar-refractivity contribution in [2.45, 2.75) is 46.2 Å². The van der Waals surface area contributed by atoms with E-state index in [9.17, 15) is 0 Å². The van der Waals surface area contributed by atoms with Gasteiger partial charge >= 0.3 is 0 Å². The molecule has 0 spiro atoms. The van der Waals surface area contributed by atoms with E-state index in [-0.39, 0.29) is 5.92 Å². The number of nitriles is 1. The zero-order chi connectivity index (χ0) is 10.0. The van der Waals surface area contributed by atoms with Crippen molar-refractivity contribution in [3.05, 3.63) is 0 Å². The number of nitrogens with zero attached hydrogens (tertiary/aromatic N) is 2. The maximum atomic E-state index is 8.89. The van der Waals surface area contributed by atoms with Crippen molar-refractivity contribution < 1.29 is 0 Å². The molecule has 0 radical (unpaired) electrons. The molecule has 1 aliphatic rings. The zero-order valence-corrected chi connectivity index (χ0v) is 9.12. The normalized spacial score (nSPS) is 29.9. The molecule has 2 nitrogen and oxygen atoms in total. The van der Waals surface area contributed by atoms with Crippen LogP contribution < -0.4 is 0 Å². The van der Waals surface area contributed by atoms with Gasteiger partial charge in [0.1, 0.15) is 0 Å². The summed E-state index contributed by atoms with van der Waals surface area (Å²) in [5.41, 5.74) is 0. The fraction of sp³-hybridized carbons (Fsp3) is 0.909. The molecule has 74 valence electrons. The lowest BCUT2D eigenvalue weighted by Crippen LogP contribution is -2.38. The van der Waals surface area contributed by atoms with Gasteiger partial charge in [0.15, 0.2) is 0 Å². The summed E-state index contributed by atoms with van der Waals surface area (Å²) in [6, 6.07) is 3.58. The molecule has 0 aromatic carbocycles. The molecular formula is C11H20N2. The van der Waals surface area contributed by atoms with Crippen molar-refractivity contribution in [3.63, 3.8) is 0 Å². The first-order valence-corrected chi connectivity index (χ1v) is 5.21. The fourth-order valence-electron chi connectivity index (χ4n) is 2.23. The number of hydrogen-bond acceptors (Lipinski definition) is 2. The molecule has 1 rings (SSSR count). The Kier molecular flexibility index (Phi) is 3.33. The van der Waals surface area contributed by atoms with Crippen molar-refractivity contribution in [1.82, 2.24) is 4.90 Å². The summed E-state index contributed by atoms with van der Waals surface area (Å²) in [6.45, 7) is 9.90. The average Bonchev–Trinajstić information content (AvgIpc) is 2.47. The summed E-state index contributed by atoms with van der Waals surface area (Å²) in [4.78, 5) is 2.47. The Labute approximate surface area is 81.5 Å². The minimum absolute atomic E-state index is 0.259. The summed E-state index contributed by atoms with van der Waals surface area (Å²) in [7, 11) is 0. The van der Waals surface area contributed by atoms with Gasteiger partial charge in [-0.15, -0.1) is 0 Å². The average molecular weight is 180 g/mol. The molecule has 0 N–H and O–H groups in total. The molecule has 1 saturated heterocycles. The Morgan fingerprint density at radius 2 is 1.92 bits per heavy atom. The lowest BCUT2D eigenvalue weighted by atomic mass is 9.98. The van der Waals surface area contributed by atoms with E-state index in [2.05, 4.69) is 38.7 Å². The molecule has 0 aromatic rings. The van der Waals surface area contributed by atoms with Crippen LogP contribution in [0.1, 0.15) is 34.1 Å². The smallest absolute Gasteiger partial charge is 0.0669 e. The standard InChI is InChI=1S/C11H20N2/c1-8(2)11-5-10(6-12)7-13(11)9(3)4/h8-11H,5,7H2,1-4H3. The van der Waals surface area contributed by atoms with Gasteiger partial charge in [0.05, 0.1) is 12.0 Å². The van der Waals surface area contributed by atoms with Gasteiger partial charge in [-0.05, 0) is 26.2 Å². The minimum Gasteiger partial charge on any atom is -0.296 e. The zero-order valence-electron chi connectivity index (χ0n) is 9.12. The van der Waals surface area contributed by atoms with E-state index in [0.717, 1.165) is 13.0 Å². The molecule has 0 saturated carbocycles. The SMILES string of the molecule is CC(C)C1CC(C#N)CN1C(C)C. The van der Waals surface area contributed by atoms with Gasteiger partial charge in [-0.3, -0.25) is 4.90 Å². The van der Waals surface area contributed by atoms with Crippen LogP contribution in [0, 0.1) is 23.2 Å². The molecule has 0 bridgehead atoms. The molecule has 2 heteroatoms. The molecule has 1 heterocycles. The van der Waals surface area contributed by atoms with Gasteiger partial charge in [0, 0.05) is 18.6 Å². The second kappa shape index (κ2) is 4.11. The molecule has 2 atom stereocenters. The Morgan fingerprint density at radius 3 is 2.23 bits per heavy atom. The van der Waals surface area contributed by atoms with E-state index in [1.54, 1.807) is 0 Å². The van der Waals surface area contributed by atoms with Crippen LogP contribution in [0.3, 0.4) is 0 Å². The molecule has 1 fully saturated rings. The van der Waals surface area contributed by atoms with Gasteiger partial charge in [-0.1, -0.05) is 13.8 Å². The van der Waals surface area contributed by atoms with Crippen molar-refractivity contribution >= 4 is 0 Å². The Hall–Kier alpha value is -0.550. The Balaban J connectivity index is 2.66. The third kappa shape index (κ3) is 2.22. The topological polar surface area (TPSA) is 27.0 Å². The van der Waals surface area contributed by atoms with E-state index in [0.29, 0.717) is 18.0 Å². The Bertz CT molecular complexity index is 187. The van der Waals surface area contributed by atoms with Gasteiger partial charge in [-0.25, -0.2) is 0 Å². The molecule has 0 aliphatic carbocycles. The van der Waals surface area contributed by atoms with Crippen LogP contribution in [0.5, 0.6) is 0 Å². The van der Waals surface area contributed by atoms with E-state index >= 15 is 0 Å². The number of likely N-dealkylation sites (tertiary alicyclic amines) is 1. The van der Waals surface area contributed by atoms with Crippen LogP contribution in [0.25, 0.3) is 0 Å². The van der Waals surface area contributed by atoms with Crippen molar-refractivity contribution in [1.29, 1.82) is 5.26 Å². The first-order chi connectivity index (χ1) is 6.06. The lowest BCUT2D eigenvalue weighted by Gasteiger charge is -2.30. The maximum absolute atomic E-state index is 8.89. The van der Waals surface area contributed by atoms with Crippen molar-refractivity contribution in [2.24, 2.45) is 11.8 Å². The van der Waals surface area contributed by atoms with E-state index in [1.807, 2.05) is 0 Å². The molecule has 1 aliphatic heterocycles. The summed E-state index contributed by atoms with van der Waals surface area (Å²) in [5.74, 6) is 0.926. The summed E-state index contributed by atoms with van der Waals surface area (Å²) < 4.78 is 0. The van der Waals surface area contributed by atoms with Crippen molar-refractivity contribution in [2.75, 3.05) is 6.54 Å². The monoisotopic (exact) mass is 180 g/mol. The van der Waals surface area contributed by atoms with Crippen LogP contribution in [0.2, 0.25) is 0 Å². The highest BCUT2D eigenvalue weighted by Gasteiger charge is 2.34. The fourth-order valence-corrected chi connectivity index (χ4v) is 2.23. The predicted octanol–water partition coefficient (Wildman–Crippen LogP) is 2.26. The summed E-state index contributed by atoms with van der Waals surface area (Å²) >= 11 is 0. The molecule has 13 heavy (non-hydrogen) atoms. The van der Waals surface area contributed by atoms with Gasteiger partial charge < -0.3 is 0 Å². The second-order valence-electron chi connectivity index (χ2n) is 4.66. The predicted molar refractivity (Wildman–Crippen MR) is 54.2 cm³/mol. The van der Waals surface area contributed by atoms with Gasteiger partial charge in [0.25, 0.3) is 0 Å². The Morgan fingerprint density at radius 1 is 1.31 bits per heavy atom. The third-order valence-corrected chi connectivity index (χ3v) is 3.00. The van der Waals surface area contributed by atoms with Gasteiger partial charge in [0.2, 0.25) is 0 Å². The maximum Gasteiger partial charge on any atom is 0.0669 e. The highest BCUT2D eigenvalue weighted by Crippen LogP contribution is 2.29. The van der Waals surface area contributed by atoms with Crippen LogP contribution in [0.4, 0.5) is 0 Å². The van der Waals surface area contributed by atoms with E-state index in [4.69, 9.17) is 5.26 Å². The molecule has 2 unspecified atom stereocenters. The molecule has 0 aromatic heterocycles. The second-order valence-corrected chi connectivity index (χ2v) is 4.66. The van der Waals surface area contributed by atoms with E-state index < -0.39 is 0 Å².